The van der Waals surface area contributed by atoms with Crippen LogP contribution < -0.4 is 14.8 Å². The summed E-state index contributed by atoms with van der Waals surface area (Å²) in [6.45, 7) is 7.35. The first-order valence-electron chi connectivity index (χ1n) is 10.8. The molecule has 2 atom stereocenters. The molecule has 1 fully saturated rings. The maximum atomic E-state index is 6.20. The van der Waals surface area contributed by atoms with E-state index in [-0.39, 0.29) is 11.0 Å². The van der Waals surface area contributed by atoms with Gasteiger partial charge in [0.25, 0.3) is 0 Å². The quantitative estimate of drug-likeness (QED) is 0.648. The van der Waals surface area contributed by atoms with Crippen molar-refractivity contribution in [1.82, 2.24) is 0 Å². The number of hydrogen-bond acceptors (Lipinski definition) is 3. The van der Waals surface area contributed by atoms with Crippen LogP contribution in [-0.4, -0.2) is 33.0 Å². The number of hydrogen-bond donors (Lipinski definition) is 1. The SMILES string of the molecule is CC[C@@]1(C)C[C@](CC[NH2+]Cc2ccc(OC)cc2)(c2ccccc2OC)CCO1. The van der Waals surface area contributed by atoms with Crippen molar-refractivity contribution in [2.75, 3.05) is 27.4 Å². The van der Waals surface area contributed by atoms with Crippen LogP contribution in [0, 0.1) is 0 Å². The molecule has 2 N–H and O–H groups in total. The normalized spacial score (nSPS) is 24.3. The number of benzene rings is 2. The highest BCUT2D eigenvalue weighted by atomic mass is 16.5. The minimum atomic E-state index is -0.0743. The number of ether oxygens (including phenoxy) is 3. The maximum absolute atomic E-state index is 6.20. The smallest absolute Gasteiger partial charge is 0.122 e. The lowest BCUT2D eigenvalue weighted by Gasteiger charge is -2.46. The third kappa shape index (κ3) is 5.12. The molecule has 0 unspecified atom stereocenters. The average Bonchev–Trinajstić information content (AvgIpc) is 2.77. The lowest BCUT2D eigenvalue weighted by atomic mass is 9.66. The van der Waals surface area contributed by atoms with E-state index in [1.165, 1.54) is 11.1 Å². The molecule has 0 bridgehead atoms. The molecule has 1 aliphatic rings. The minimum absolute atomic E-state index is 0.0743. The van der Waals surface area contributed by atoms with Crippen LogP contribution >= 0.6 is 0 Å². The molecule has 4 nitrogen and oxygen atoms in total. The molecule has 158 valence electrons. The molecule has 0 amide bonds. The van der Waals surface area contributed by atoms with Gasteiger partial charge in [0.1, 0.15) is 18.0 Å². The largest absolute Gasteiger partial charge is 0.497 e. The monoisotopic (exact) mass is 398 g/mol. The van der Waals surface area contributed by atoms with Crippen LogP contribution in [0.1, 0.15) is 50.7 Å². The third-order valence-electron chi connectivity index (χ3n) is 6.54. The summed E-state index contributed by atoms with van der Waals surface area (Å²) in [5.74, 6) is 1.91. The zero-order valence-electron chi connectivity index (χ0n) is 18.4. The van der Waals surface area contributed by atoms with E-state index < -0.39 is 0 Å². The Labute approximate surface area is 175 Å². The van der Waals surface area contributed by atoms with E-state index in [2.05, 4.69) is 55.6 Å². The number of quaternary nitrogens is 1. The fourth-order valence-corrected chi connectivity index (χ4v) is 4.64. The highest BCUT2D eigenvalue weighted by Gasteiger charge is 2.44. The van der Waals surface area contributed by atoms with Gasteiger partial charge in [0, 0.05) is 29.6 Å². The second-order valence-corrected chi connectivity index (χ2v) is 8.44. The van der Waals surface area contributed by atoms with E-state index in [0.717, 1.165) is 56.9 Å². The van der Waals surface area contributed by atoms with Crippen LogP contribution in [0.3, 0.4) is 0 Å². The predicted octanol–water partition coefficient (Wildman–Crippen LogP) is 4.07. The molecule has 0 spiro atoms. The Morgan fingerprint density at radius 3 is 2.48 bits per heavy atom. The Hall–Kier alpha value is -2.04. The van der Waals surface area contributed by atoms with Gasteiger partial charge in [-0.25, -0.2) is 0 Å². The van der Waals surface area contributed by atoms with Crippen molar-refractivity contribution in [2.24, 2.45) is 0 Å². The van der Waals surface area contributed by atoms with Gasteiger partial charge in [-0.1, -0.05) is 25.1 Å². The van der Waals surface area contributed by atoms with Crippen LogP contribution in [-0.2, 0) is 16.7 Å². The molecule has 0 saturated carbocycles. The fourth-order valence-electron chi connectivity index (χ4n) is 4.64. The van der Waals surface area contributed by atoms with Gasteiger partial charge in [0.15, 0.2) is 0 Å². The van der Waals surface area contributed by atoms with Gasteiger partial charge in [-0.05, 0) is 56.5 Å². The summed E-state index contributed by atoms with van der Waals surface area (Å²) in [6, 6.07) is 16.9. The molecule has 2 aromatic rings. The molecule has 3 rings (SSSR count). The molecule has 0 aromatic heterocycles. The maximum Gasteiger partial charge on any atom is 0.122 e. The van der Waals surface area contributed by atoms with E-state index in [0.29, 0.717) is 0 Å². The topological polar surface area (TPSA) is 44.3 Å². The molecule has 1 heterocycles. The number of rotatable bonds is 9. The molecule has 0 radical (unpaired) electrons. The predicted molar refractivity (Wildman–Crippen MR) is 117 cm³/mol. The van der Waals surface area contributed by atoms with E-state index in [1.54, 1.807) is 14.2 Å². The summed E-state index contributed by atoms with van der Waals surface area (Å²) in [4.78, 5) is 0. The van der Waals surface area contributed by atoms with Crippen LogP contribution in [0.25, 0.3) is 0 Å². The minimum Gasteiger partial charge on any atom is -0.497 e. The fraction of sp³-hybridized carbons (Fsp3) is 0.520. The van der Waals surface area contributed by atoms with Gasteiger partial charge in [-0.2, -0.15) is 0 Å². The molecular formula is C25H36NO3+. The average molecular weight is 399 g/mol. The molecule has 29 heavy (non-hydrogen) atoms. The summed E-state index contributed by atoms with van der Waals surface area (Å²) in [5, 5.41) is 2.41. The highest BCUT2D eigenvalue weighted by molar-refractivity contribution is 5.40. The third-order valence-corrected chi connectivity index (χ3v) is 6.54. The second-order valence-electron chi connectivity index (χ2n) is 8.44. The van der Waals surface area contributed by atoms with Gasteiger partial charge in [-0.15, -0.1) is 0 Å². The molecule has 1 saturated heterocycles. The zero-order chi connectivity index (χ0) is 20.7. The second kappa shape index (κ2) is 9.64. The Balaban J connectivity index is 1.73. The van der Waals surface area contributed by atoms with Gasteiger partial charge in [0.05, 0.1) is 26.4 Å². The Morgan fingerprint density at radius 2 is 1.79 bits per heavy atom. The van der Waals surface area contributed by atoms with Crippen molar-refractivity contribution in [3.05, 3.63) is 59.7 Å². The lowest BCUT2D eigenvalue weighted by Crippen LogP contribution is -2.83. The van der Waals surface area contributed by atoms with Gasteiger partial charge in [0.2, 0.25) is 0 Å². The van der Waals surface area contributed by atoms with Gasteiger partial charge >= 0.3 is 0 Å². The Bertz CT molecular complexity index is 776. The highest BCUT2D eigenvalue weighted by Crippen LogP contribution is 2.47. The van der Waals surface area contributed by atoms with E-state index in [4.69, 9.17) is 14.2 Å². The first-order chi connectivity index (χ1) is 14.0. The van der Waals surface area contributed by atoms with Crippen molar-refractivity contribution in [2.45, 2.75) is 57.1 Å². The van der Waals surface area contributed by atoms with Crippen LogP contribution in [0.15, 0.2) is 48.5 Å². The van der Waals surface area contributed by atoms with Gasteiger partial charge < -0.3 is 19.5 Å². The van der Waals surface area contributed by atoms with Crippen molar-refractivity contribution in [3.63, 3.8) is 0 Å². The van der Waals surface area contributed by atoms with E-state index in [9.17, 15) is 0 Å². The lowest BCUT2D eigenvalue weighted by molar-refractivity contribution is -0.672. The van der Waals surface area contributed by atoms with Crippen molar-refractivity contribution < 1.29 is 19.5 Å². The van der Waals surface area contributed by atoms with Crippen LogP contribution in [0.2, 0.25) is 0 Å². The Kier molecular flexibility index (Phi) is 7.20. The van der Waals surface area contributed by atoms with Crippen molar-refractivity contribution >= 4 is 0 Å². The van der Waals surface area contributed by atoms with Crippen molar-refractivity contribution in [3.8, 4) is 11.5 Å². The summed E-state index contributed by atoms with van der Waals surface area (Å²) < 4.78 is 17.2. The molecular weight excluding hydrogens is 362 g/mol. The molecule has 2 aromatic carbocycles. The molecule has 0 aliphatic carbocycles. The Morgan fingerprint density at radius 1 is 1.03 bits per heavy atom. The first-order valence-corrected chi connectivity index (χ1v) is 10.8. The van der Waals surface area contributed by atoms with Gasteiger partial charge in [-0.3, -0.25) is 0 Å². The summed E-state index contributed by atoms with van der Waals surface area (Å²) in [5.41, 5.74) is 2.67. The molecule has 4 heteroatoms. The number of nitrogens with two attached hydrogens (primary N) is 1. The summed E-state index contributed by atoms with van der Waals surface area (Å²) in [6.07, 6.45) is 4.22. The standard InChI is InChI=1S/C25H35NO3/c1-5-24(2)19-25(15-17-29-24,22-8-6-7-9-23(22)28-4)14-16-26-18-20-10-12-21(27-3)13-11-20/h6-13,26H,5,14-19H2,1-4H3/p+1/t24-,25+/m0/s1. The van der Waals surface area contributed by atoms with E-state index >= 15 is 0 Å². The first kappa shape index (κ1) is 21.7. The van der Waals surface area contributed by atoms with Crippen molar-refractivity contribution in [1.29, 1.82) is 0 Å². The zero-order valence-corrected chi connectivity index (χ0v) is 18.4. The summed E-state index contributed by atoms with van der Waals surface area (Å²) in [7, 11) is 3.48. The summed E-state index contributed by atoms with van der Waals surface area (Å²) >= 11 is 0. The van der Waals surface area contributed by atoms with E-state index in [1.807, 2.05) is 12.1 Å². The number of methoxy groups -OCH3 is 2. The van der Waals surface area contributed by atoms with Crippen LogP contribution in [0.5, 0.6) is 11.5 Å². The van der Waals surface area contributed by atoms with Crippen LogP contribution in [0.4, 0.5) is 0 Å². The molecule has 1 aliphatic heterocycles. The number of para-hydroxylation sites is 1.